The van der Waals surface area contributed by atoms with Crippen LogP contribution in [-0.2, 0) is 9.53 Å². The number of para-hydroxylation sites is 2. The number of carbonyl (C=O) groups excluding carboxylic acids is 2. The molecule has 0 spiro atoms. The molecule has 1 atom stereocenters. The first-order chi connectivity index (χ1) is 13.2. The molecule has 150 valence electrons. The number of carbonyl (C=O) groups is 2. The van der Waals surface area contributed by atoms with Crippen LogP contribution in [0, 0.1) is 5.82 Å². The lowest BCUT2D eigenvalue weighted by molar-refractivity contribution is -0.259. The van der Waals surface area contributed by atoms with Gasteiger partial charge in [0.25, 0.3) is 0 Å². The fourth-order valence-electron chi connectivity index (χ4n) is 2.14. The maximum Gasteiger partial charge on any atom is 0.460 e. The standard InChI is InChI=1S/C18H16F4N2O4/c1-2-27-15(25)17(18(20,21)22,28-12-8-4-3-5-9-12)24-16(26)23-14-11-7-6-10-13(14)19/h3-11H,2H2,1H3,(H2,23,24,26)/t17-/m0/s1. The molecule has 2 amide bonds. The number of halogens is 4. The highest BCUT2D eigenvalue weighted by molar-refractivity contribution is 5.94. The summed E-state index contributed by atoms with van der Waals surface area (Å²) in [6.45, 7) is 0.895. The molecule has 0 aliphatic heterocycles. The van der Waals surface area contributed by atoms with Crippen molar-refractivity contribution in [3.63, 3.8) is 0 Å². The van der Waals surface area contributed by atoms with Crippen molar-refractivity contribution in [2.24, 2.45) is 0 Å². The van der Waals surface area contributed by atoms with Crippen molar-refractivity contribution in [1.29, 1.82) is 0 Å². The van der Waals surface area contributed by atoms with E-state index in [-0.39, 0.29) is 11.4 Å². The molecule has 2 aromatic rings. The largest absolute Gasteiger partial charge is 0.461 e. The second-order valence-electron chi connectivity index (χ2n) is 5.37. The van der Waals surface area contributed by atoms with Gasteiger partial charge in [-0.1, -0.05) is 30.3 Å². The first-order valence-electron chi connectivity index (χ1n) is 8.01. The van der Waals surface area contributed by atoms with Gasteiger partial charge < -0.3 is 14.8 Å². The number of amides is 2. The Bertz CT molecular complexity index is 830. The Hall–Kier alpha value is -3.30. The summed E-state index contributed by atoms with van der Waals surface area (Å²) in [6, 6.07) is 9.90. The Morgan fingerprint density at radius 1 is 1.00 bits per heavy atom. The highest BCUT2D eigenvalue weighted by Gasteiger charge is 2.66. The van der Waals surface area contributed by atoms with Crippen molar-refractivity contribution in [2.45, 2.75) is 18.8 Å². The Morgan fingerprint density at radius 3 is 2.18 bits per heavy atom. The number of nitrogens with one attached hydrogen (secondary N) is 2. The minimum atomic E-state index is -5.40. The van der Waals surface area contributed by atoms with Crippen LogP contribution in [0.2, 0.25) is 0 Å². The molecule has 0 aliphatic carbocycles. The first-order valence-corrected chi connectivity index (χ1v) is 8.01. The van der Waals surface area contributed by atoms with Crippen LogP contribution in [0.5, 0.6) is 5.75 Å². The fraction of sp³-hybridized carbons (Fsp3) is 0.222. The number of ether oxygens (including phenoxy) is 2. The monoisotopic (exact) mass is 400 g/mol. The summed E-state index contributed by atoms with van der Waals surface area (Å²) >= 11 is 0. The lowest BCUT2D eigenvalue weighted by Gasteiger charge is -2.33. The Labute approximate surface area is 157 Å². The van der Waals surface area contributed by atoms with Crippen molar-refractivity contribution in [3.8, 4) is 5.75 Å². The van der Waals surface area contributed by atoms with Gasteiger partial charge in [0.2, 0.25) is 0 Å². The van der Waals surface area contributed by atoms with E-state index in [2.05, 4.69) is 4.74 Å². The zero-order valence-electron chi connectivity index (χ0n) is 14.5. The summed E-state index contributed by atoms with van der Waals surface area (Å²) in [5.74, 6) is -3.11. The van der Waals surface area contributed by atoms with Gasteiger partial charge in [0.05, 0.1) is 12.3 Å². The summed E-state index contributed by atoms with van der Waals surface area (Å²) in [5.41, 5.74) is -4.24. The Morgan fingerprint density at radius 2 is 1.61 bits per heavy atom. The predicted molar refractivity (Wildman–Crippen MR) is 91.0 cm³/mol. The number of hydrogen-bond donors (Lipinski definition) is 2. The summed E-state index contributed by atoms with van der Waals surface area (Å²) in [6.07, 6.45) is -5.40. The molecular weight excluding hydrogens is 384 g/mol. The van der Waals surface area contributed by atoms with Gasteiger partial charge >= 0.3 is 23.9 Å². The highest BCUT2D eigenvalue weighted by atomic mass is 19.4. The molecule has 0 bridgehead atoms. The predicted octanol–water partition coefficient (Wildman–Crippen LogP) is 3.85. The molecule has 2 N–H and O–H groups in total. The normalized spacial score (nSPS) is 13.2. The quantitative estimate of drug-likeness (QED) is 0.439. The van der Waals surface area contributed by atoms with Crippen LogP contribution >= 0.6 is 0 Å². The molecule has 0 fully saturated rings. The maximum atomic E-state index is 13.9. The zero-order chi connectivity index (χ0) is 20.8. The zero-order valence-corrected chi connectivity index (χ0v) is 14.5. The third-order valence-electron chi connectivity index (χ3n) is 3.39. The molecule has 2 aromatic carbocycles. The minimum absolute atomic E-state index is 0.348. The summed E-state index contributed by atoms with van der Waals surface area (Å²) < 4.78 is 64.6. The topological polar surface area (TPSA) is 76.7 Å². The number of benzene rings is 2. The van der Waals surface area contributed by atoms with Crippen LogP contribution in [0.15, 0.2) is 54.6 Å². The Balaban J connectivity index is 2.39. The van der Waals surface area contributed by atoms with Crippen LogP contribution in [0.4, 0.5) is 28.0 Å². The number of urea groups is 1. The number of alkyl halides is 3. The fourth-order valence-corrected chi connectivity index (χ4v) is 2.14. The molecule has 0 saturated carbocycles. The second-order valence-corrected chi connectivity index (χ2v) is 5.37. The molecule has 28 heavy (non-hydrogen) atoms. The molecule has 0 saturated heterocycles. The van der Waals surface area contributed by atoms with E-state index in [1.165, 1.54) is 42.6 Å². The lowest BCUT2D eigenvalue weighted by atomic mass is 10.2. The van der Waals surface area contributed by atoms with E-state index in [4.69, 9.17) is 4.74 Å². The van der Waals surface area contributed by atoms with E-state index < -0.39 is 36.3 Å². The van der Waals surface area contributed by atoms with Gasteiger partial charge in [-0.2, -0.15) is 13.2 Å². The van der Waals surface area contributed by atoms with Crippen molar-refractivity contribution in [2.75, 3.05) is 11.9 Å². The molecular formula is C18H16F4N2O4. The van der Waals surface area contributed by atoms with Crippen molar-refractivity contribution in [1.82, 2.24) is 5.32 Å². The van der Waals surface area contributed by atoms with Crippen LogP contribution in [-0.4, -0.2) is 30.5 Å². The molecule has 0 aromatic heterocycles. The van der Waals surface area contributed by atoms with E-state index in [0.29, 0.717) is 0 Å². The van der Waals surface area contributed by atoms with E-state index in [0.717, 1.165) is 24.3 Å². The highest BCUT2D eigenvalue weighted by Crippen LogP contribution is 2.34. The van der Waals surface area contributed by atoms with Gasteiger partial charge in [-0.05, 0) is 31.2 Å². The molecule has 2 rings (SSSR count). The number of hydrogen-bond acceptors (Lipinski definition) is 4. The average molecular weight is 400 g/mol. The molecule has 10 heteroatoms. The molecule has 0 heterocycles. The third-order valence-corrected chi connectivity index (χ3v) is 3.39. The number of rotatable bonds is 6. The average Bonchev–Trinajstić information content (AvgIpc) is 2.63. The third kappa shape index (κ3) is 4.70. The van der Waals surface area contributed by atoms with Gasteiger partial charge in [-0.3, -0.25) is 5.32 Å². The van der Waals surface area contributed by atoms with Gasteiger partial charge in [-0.15, -0.1) is 0 Å². The maximum absolute atomic E-state index is 13.9. The number of anilines is 1. The SMILES string of the molecule is CCOC(=O)[C@](NC(=O)Nc1ccccc1F)(Oc1ccccc1)C(F)(F)F. The van der Waals surface area contributed by atoms with E-state index >= 15 is 0 Å². The van der Waals surface area contributed by atoms with Gasteiger partial charge in [0.15, 0.2) is 0 Å². The van der Waals surface area contributed by atoms with Gasteiger partial charge in [-0.25, -0.2) is 14.0 Å². The van der Waals surface area contributed by atoms with Crippen molar-refractivity contribution in [3.05, 3.63) is 60.4 Å². The van der Waals surface area contributed by atoms with Crippen LogP contribution in [0.3, 0.4) is 0 Å². The smallest absolute Gasteiger partial charge is 0.460 e. The summed E-state index contributed by atoms with van der Waals surface area (Å²) in [4.78, 5) is 24.3. The van der Waals surface area contributed by atoms with Gasteiger partial charge in [0.1, 0.15) is 11.6 Å². The second kappa shape index (κ2) is 8.59. The van der Waals surface area contributed by atoms with Crippen molar-refractivity contribution >= 4 is 17.7 Å². The molecule has 0 unspecified atom stereocenters. The summed E-state index contributed by atoms with van der Waals surface area (Å²) in [5, 5.41) is 3.35. The van der Waals surface area contributed by atoms with E-state index in [9.17, 15) is 27.2 Å². The summed E-state index contributed by atoms with van der Waals surface area (Å²) in [7, 11) is 0. The van der Waals surface area contributed by atoms with Crippen LogP contribution < -0.4 is 15.4 Å². The minimum Gasteiger partial charge on any atom is -0.461 e. The van der Waals surface area contributed by atoms with E-state index in [1.54, 1.807) is 0 Å². The molecule has 6 nitrogen and oxygen atoms in total. The van der Waals surface area contributed by atoms with E-state index in [1.807, 2.05) is 5.32 Å². The lowest BCUT2D eigenvalue weighted by Crippen LogP contribution is -2.69. The van der Waals surface area contributed by atoms with Crippen LogP contribution in [0.25, 0.3) is 0 Å². The van der Waals surface area contributed by atoms with Gasteiger partial charge in [0, 0.05) is 0 Å². The van der Waals surface area contributed by atoms with Crippen molar-refractivity contribution < 1.29 is 36.6 Å². The first kappa shape index (κ1) is 21.0. The molecule has 0 radical (unpaired) electrons. The molecule has 0 aliphatic rings. The van der Waals surface area contributed by atoms with Crippen LogP contribution in [0.1, 0.15) is 6.92 Å². The Kier molecular flexibility index (Phi) is 6.45. The number of esters is 1.